The summed E-state index contributed by atoms with van der Waals surface area (Å²) in [6, 6.07) is 6.36. The van der Waals surface area contributed by atoms with Crippen LogP contribution in [0, 0.1) is 6.92 Å². The molecular formula is C30H31N3O9. The van der Waals surface area contributed by atoms with E-state index in [1.165, 1.54) is 0 Å². The number of amides is 1. The van der Waals surface area contributed by atoms with Crippen molar-refractivity contribution >= 4 is 11.7 Å². The zero-order chi connectivity index (χ0) is 29.3. The minimum Gasteiger partial charge on any atom is -0.462 e. The number of benzene rings is 2. The Morgan fingerprint density at radius 2 is 1.76 bits per heavy atom. The number of aryl methyl sites for hydroxylation is 2. The molecule has 12 heteroatoms. The summed E-state index contributed by atoms with van der Waals surface area (Å²) in [6.07, 6.45) is -0.402. The van der Waals surface area contributed by atoms with Gasteiger partial charge in [-0.15, -0.1) is 0 Å². The largest absolute Gasteiger partial charge is 0.462 e. The van der Waals surface area contributed by atoms with Crippen LogP contribution in [0.4, 0.5) is 0 Å². The van der Waals surface area contributed by atoms with Crippen LogP contribution in [0.15, 0.2) is 43.0 Å². The first-order chi connectivity index (χ1) is 20.2. The van der Waals surface area contributed by atoms with Gasteiger partial charge in [-0.2, -0.15) is 0 Å². The highest BCUT2D eigenvalue weighted by Gasteiger charge is 2.51. The van der Waals surface area contributed by atoms with Crippen LogP contribution in [0.5, 0.6) is 17.2 Å². The van der Waals surface area contributed by atoms with Gasteiger partial charge < -0.3 is 43.7 Å². The van der Waals surface area contributed by atoms with Gasteiger partial charge in [0.1, 0.15) is 24.1 Å². The molecule has 42 heavy (non-hydrogen) atoms. The van der Waals surface area contributed by atoms with E-state index in [0.29, 0.717) is 53.3 Å². The minimum absolute atomic E-state index is 0.0764. The number of aliphatic hydroxyl groups is 3. The van der Waals surface area contributed by atoms with Crippen LogP contribution in [0.3, 0.4) is 0 Å². The van der Waals surface area contributed by atoms with Crippen molar-refractivity contribution in [3.8, 4) is 17.2 Å². The van der Waals surface area contributed by atoms with E-state index in [1.807, 2.05) is 16.8 Å². The van der Waals surface area contributed by atoms with Crippen molar-refractivity contribution in [3.05, 3.63) is 70.8 Å². The van der Waals surface area contributed by atoms with E-state index >= 15 is 0 Å². The molecule has 0 radical (unpaired) electrons. The second-order valence-electron chi connectivity index (χ2n) is 11.2. The summed E-state index contributed by atoms with van der Waals surface area (Å²) in [7, 11) is 0. The fourth-order valence-corrected chi connectivity index (χ4v) is 6.45. The predicted octanol–water partition coefficient (Wildman–Crippen LogP) is 1.69. The third-order valence-electron chi connectivity index (χ3n) is 8.66. The Morgan fingerprint density at radius 3 is 2.52 bits per heavy atom. The number of rotatable bonds is 6. The highest BCUT2D eigenvalue weighted by atomic mass is 16.7. The van der Waals surface area contributed by atoms with Crippen molar-refractivity contribution in [1.82, 2.24) is 14.5 Å². The van der Waals surface area contributed by atoms with Gasteiger partial charge in [0.25, 0.3) is 5.91 Å². The van der Waals surface area contributed by atoms with Crippen molar-refractivity contribution < 1.29 is 43.9 Å². The minimum atomic E-state index is -1.51. The molecule has 3 N–H and O–H groups in total. The number of Topliss-reactive ketones (excluding diaryl/α,β-unsaturated/α-hetero) is 1. The summed E-state index contributed by atoms with van der Waals surface area (Å²) in [4.78, 5) is 34.0. The summed E-state index contributed by atoms with van der Waals surface area (Å²) in [5.41, 5.74) is 2.77. The van der Waals surface area contributed by atoms with Crippen LogP contribution in [0.1, 0.15) is 62.7 Å². The number of carbonyl (C=O) groups excluding carboxylic acids is 2. The summed E-state index contributed by atoms with van der Waals surface area (Å²) in [5.74, 6) is 0.325. The maximum atomic E-state index is 14.2. The summed E-state index contributed by atoms with van der Waals surface area (Å²) in [6.45, 7) is 4.44. The first kappa shape index (κ1) is 26.9. The lowest BCUT2D eigenvalue weighted by atomic mass is 9.81. The van der Waals surface area contributed by atoms with Crippen LogP contribution in [-0.2, 0) is 11.3 Å². The Morgan fingerprint density at radius 1 is 0.976 bits per heavy atom. The monoisotopic (exact) mass is 577 g/mol. The van der Waals surface area contributed by atoms with Crippen LogP contribution >= 0.6 is 0 Å². The molecule has 4 heterocycles. The highest BCUT2D eigenvalue weighted by molar-refractivity contribution is 6.11. The molecule has 1 aliphatic carbocycles. The van der Waals surface area contributed by atoms with Crippen molar-refractivity contribution in [1.29, 1.82) is 0 Å². The predicted molar refractivity (Wildman–Crippen MR) is 144 cm³/mol. The number of hydrogen-bond donors (Lipinski definition) is 3. The topological polar surface area (TPSA) is 153 Å². The van der Waals surface area contributed by atoms with Gasteiger partial charge in [0.15, 0.2) is 17.3 Å². The van der Waals surface area contributed by atoms with Crippen molar-refractivity contribution in [2.75, 3.05) is 13.3 Å². The Labute approximate surface area is 241 Å². The van der Waals surface area contributed by atoms with E-state index < -0.39 is 42.7 Å². The van der Waals surface area contributed by atoms with E-state index in [4.69, 9.17) is 18.9 Å². The Bertz CT molecular complexity index is 1560. The zero-order valence-corrected chi connectivity index (χ0v) is 23.0. The second kappa shape index (κ2) is 10.1. The molecule has 0 spiro atoms. The average Bonchev–Trinajstić information content (AvgIpc) is 3.72. The number of carbonyl (C=O) groups is 2. The number of nitrogens with zero attached hydrogens (tertiary/aromatic N) is 3. The molecule has 7 atom stereocenters. The van der Waals surface area contributed by atoms with Crippen LogP contribution in [0.2, 0.25) is 0 Å². The van der Waals surface area contributed by atoms with Crippen molar-refractivity contribution in [2.45, 2.75) is 69.5 Å². The smallest absolute Gasteiger partial charge is 0.254 e. The van der Waals surface area contributed by atoms with Gasteiger partial charge in [-0.1, -0.05) is 6.07 Å². The molecule has 3 aliphatic heterocycles. The normalized spacial score (nSPS) is 29.4. The van der Waals surface area contributed by atoms with E-state index in [-0.39, 0.29) is 24.2 Å². The SMILES string of the molecule is Cc1cc2c(cc1O[C@@H]1O[C@@H](C)[C@@H](O)[C@@H](O)[C@@H]1O)C(=O)N(CCCn1ccnc1)C1c3cc4c(cc3C(=O)C21)OCO4. The molecule has 0 bridgehead atoms. The maximum Gasteiger partial charge on any atom is 0.254 e. The third kappa shape index (κ3) is 4.17. The van der Waals surface area contributed by atoms with E-state index in [2.05, 4.69) is 4.98 Å². The van der Waals surface area contributed by atoms with Gasteiger partial charge in [0.2, 0.25) is 13.1 Å². The number of aliphatic hydroxyl groups excluding tert-OH is 3. The molecule has 0 saturated carbocycles. The molecule has 1 fully saturated rings. The van der Waals surface area contributed by atoms with E-state index in [0.717, 1.165) is 5.56 Å². The summed E-state index contributed by atoms with van der Waals surface area (Å²) >= 11 is 0. The first-order valence-corrected chi connectivity index (χ1v) is 14.0. The molecule has 4 aliphatic rings. The third-order valence-corrected chi connectivity index (χ3v) is 8.66. The van der Waals surface area contributed by atoms with Gasteiger partial charge >= 0.3 is 0 Å². The fourth-order valence-electron chi connectivity index (χ4n) is 6.45. The first-order valence-electron chi connectivity index (χ1n) is 14.0. The number of ketones is 1. The van der Waals surface area contributed by atoms with Crippen LogP contribution < -0.4 is 14.2 Å². The lowest BCUT2D eigenvalue weighted by Crippen LogP contribution is -2.58. The number of hydrogen-bond acceptors (Lipinski definition) is 10. The van der Waals surface area contributed by atoms with Gasteiger partial charge in [-0.25, -0.2) is 4.98 Å². The molecule has 220 valence electrons. The van der Waals surface area contributed by atoms with Crippen LogP contribution in [-0.4, -0.2) is 85.5 Å². The number of ether oxygens (including phenoxy) is 4. The molecular weight excluding hydrogens is 546 g/mol. The molecule has 1 saturated heterocycles. The highest BCUT2D eigenvalue weighted by Crippen LogP contribution is 2.53. The molecule has 3 aromatic rings. The molecule has 2 aromatic carbocycles. The molecule has 1 aromatic heterocycles. The molecule has 12 nitrogen and oxygen atoms in total. The Kier molecular flexibility index (Phi) is 6.46. The lowest BCUT2D eigenvalue weighted by Gasteiger charge is -2.40. The quantitative estimate of drug-likeness (QED) is 0.395. The van der Waals surface area contributed by atoms with Gasteiger partial charge in [0.05, 0.1) is 24.4 Å². The number of aromatic nitrogens is 2. The summed E-state index contributed by atoms with van der Waals surface area (Å²) in [5, 5.41) is 30.8. The summed E-state index contributed by atoms with van der Waals surface area (Å²) < 4.78 is 24.7. The maximum absolute atomic E-state index is 14.2. The Balaban J connectivity index is 1.26. The molecule has 1 amide bonds. The van der Waals surface area contributed by atoms with Gasteiger partial charge in [-0.3, -0.25) is 9.59 Å². The molecule has 2 unspecified atom stereocenters. The van der Waals surface area contributed by atoms with Crippen LogP contribution in [0.25, 0.3) is 0 Å². The fraction of sp³-hybridized carbons (Fsp3) is 0.433. The Hall–Kier alpha value is -3.97. The second-order valence-corrected chi connectivity index (χ2v) is 11.2. The van der Waals surface area contributed by atoms with Crippen molar-refractivity contribution in [2.24, 2.45) is 0 Å². The lowest BCUT2D eigenvalue weighted by molar-refractivity contribution is -0.268. The van der Waals surface area contributed by atoms with Crippen molar-refractivity contribution in [3.63, 3.8) is 0 Å². The average molecular weight is 578 g/mol. The molecule has 7 rings (SSSR count). The van der Waals surface area contributed by atoms with Gasteiger partial charge in [0, 0.05) is 36.6 Å². The van der Waals surface area contributed by atoms with Gasteiger partial charge in [-0.05, 0) is 55.2 Å². The number of imidazole rings is 1. The standard InChI is InChI=1S/C30H31N3O9/c1-14-8-16-19(11-20(14)42-30-28(37)27(36)25(34)15(2)41-30)29(38)33(6-3-5-32-7-4-31-12-32)24-17-9-21-22(40-13-39-21)10-18(17)26(35)23(16)24/h4,7-12,15,23-25,27-28,30,34,36-37H,3,5-6,13H2,1-2H3/t15-,23?,24?,25+,27+,28-,30-/m0/s1. The van der Waals surface area contributed by atoms with E-state index in [1.54, 1.807) is 49.5 Å². The zero-order valence-electron chi connectivity index (χ0n) is 23.0. The van der Waals surface area contributed by atoms with E-state index in [9.17, 15) is 24.9 Å². The number of fused-ring (bicyclic) bond motifs is 6.